The number of carbonyl (C=O) groups is 1. The number of imidazole rings is 1. The van der Waals surface area contributed by atoms with Crippen molar-refractivity contribution >= 4 is 5.97 Å². The molecule has 0 aliphatic heterocycles. The van der Waals surface area contributed by atoms with Gasteiger partial charge in [-0.3, -0.25) is 0 Å². The van der Waals surface area contributed by atoms with E-state index < -0.39 is 5.97 Å². The van der Waals surface area contributed by atoms with E-state index in [1.807, 2.05) is 18.4 Å². The Morgan fingerprint density at radius 1 is 1.47 bits per heavy atom. The topological polar surface area (TPSA) is 64.4 Å². The average Bonchev–Trinajstić information content (AvgIpc) is 2.83. The molecule has 0 saturated heterocycles. The molecule has 0 bridgehead atoms. The Morgan fingerprint density at radius 2 is 2.26 bits per heavy atom. The Balaban J connectivity index is 2.19. The zero-order valence-corrected chi connectivity index (χ0v) is 11.0. The molecule has 0 saturated carbocycles. The van der Waals surface area contributed by atoms with Crippen LogP contribution in [0, 0.1) is 6.92 Å². The van der Waals surface area contributed by atoms with Crippen LogP contribution >= 0.6 is 0 Å². The minimum absolute atomic E-state index is 0.174. The number of hydrogen-bond acceptors (Lipinski definition) is 3. The van der Waals surface area contributed by atoms with Gasteiger partial charge in [-0.05, 0) is 31.5 Å². The molecule has 1 aromatic heterocycles. The summed E-state index contributed by atoms with van der Waals surface area (Å²) < 4.78 is 7.58. The first-order valence-electron chi connectivity index (χ1n) is 6.07. The Morgan fingerprint density at radius 3 is 2.95 bits per heavy atom. The molecule has 0 radical (unpaired) electrons. The van der Waals surface area contributed by atoms with Gasteiger partial charge in [0.1, 0.15) is 17.9 Å². The summed E-state index contributed by atoms with van der Waals surface area (Å²) in [6, 6.07) is 5.05. The van der Waals surface area contributed by atoms with E-state index in [-0.39, 0.29) is 5.56 Å². The molecule has 0 fully saturated rings. The third-order valence-corrected chi connectivity index (χ3v) is 2.88. The highest BCUT2D eigenvalue weighted by molar-refractivity contribution is 5.90. The van der Waals surface area contributed by atoms with Crippen molar-refractivity contribution in [3.63, 3.8) is 0 Å². The summed E-state index contributed by atoms with van der Waals surface area (Å²) in [5.41, 5.74) is 2.05. The molecule has 0 amide bonds. The molecule has 0 unspecified atom stereocenters. The fourth-order valence-corrected chi connectivity index (χ4v) is 1.83. The lowest BCUT2D eigenvalue weighted by Crippen LogP contribution is -2.07. The monoisotopic (exact) mass is 260 g/mol. The van der Waals surface area contributed by atoms with Crippen molar-refractivity contribution in [3.05, 3.63) is 47.5 Å². The first kappa shape index (κ1) is 13.1. The van der Waals surface area contributed by atoms with Crippen LogP contribution in [0.25, 0.3) is 0 Å². The van der Waals surface area contributed by atoms with E-state index in [0.29, 0.717) is 12.4 Å². The van der Waals surface area contributed by atoms with Crippen LogP contribution < -0.4 is 4.74 Å². The van der Waals surface area contributed by atoms with Crippen molar-refractivity contribution in [2.45, 2.75) is 27.0 Å². The fraction of sp³-hybridized carbons (Fsp3) is 0.286. The highest BCUT2D eigenvalue weighted by atomic mass is 16.5. The lowest BCUT2D eigenvalue weighted by Gasteiger charge is -2.11. The summed E-state index contributed by atoms with van der Waals surface area (Å²) in [5, 5.41) is 9.12. The minimum Gasteiger partial charge on any atom is -0.486 e. The van der Waals surface area contributed by atoms with Crippen molar-refractivity contribution in [2.24, 2.45) is 0 Å². The zero-order valence-electron chi connectivity index (χ0n) is 11.0. The highest BCUT2D eigenvalue weighted by Crippen LogP contribution is 2.21. The van der Waals surface area contributed by atoms with Crippen LogP contribution in [-0.4, -0.2) is 20.6 Å². The lowest BCUT2D eigenvalue weighted by molar-refractivity contribution is 0.0691. The molecule has 5 nitrogen and oxygen atoms in total. The van der Waals surface area contributed by atoms with Crippen molar-refractivity contribution < 1.29 is 14.6 Å². The number of aromatic nitrogens is 2. The average molecular weight is 260 g/mol. The maximum atomic E-state index is 11.1. The lowest BCUT2D eigenvalue weighted by atomic mass is 10.1. The minimum atomic E-state index is -0.987. The van der Waals surface area contributed by atoms with Crippen molar-refractivity contribution in [1.82, 2.24) is 9.55 Å². The number of ether oxygens (including phenoxy) is 1. The van der Waals surface area contributed by atoms with Gasteiger partial charge in [-0.25, -0.2) is 9.78 Å². The van der Waals surface area contributed by atoms with E-state index in [2.05, 4.69) is 4.98 Å². The first-order valence-corrected chi connectivity index (χ1v) is 6.07. The second-order valence-corrected chi connectivity index (χ2v) is 4.26. The Bertz CT molecular complexity index is 590. The van der Waals surface area contributed by atoms with E-state index in [1.54, 1.807) is 30.7 Å². The van der Waals surface area contributed by atoms with Gasteiger partial charge in [0, 0.05) is 6.54 Å². The van der Waals surface area contributed by atoms with Gasteiger partial charge in [0.15, 0.2) is 0 Å². The third kappa shape index (κ3) is 2.93. The molecule has 0 aliphatic carbocycles. The molecule has 19 heavy (non-hydrogen) atoms. The first-order chi connectivity index (χ1) is 9.11. The van der Waals surface area contributed by atoms with Gasteiger partial charge in [-0.1, -0.05) is 6.07 Å². The van der Waals surface area contributed by atoms with Crippen LogP contribution in [-0.2, 0) is 13.2 Å². The number of hydrogen-bond donors (Lipinski definition) is 1. The molecule has 2 rings (SSSR count). The number of benzene rings is 1. The Hall–Kier alpha value is -2.30. The Labute approximate surface area is 111 Å². The molecule has 1 heterocycles. The number of nitrogens with zero attached hydrogens (tertiary/aromatic N) is 2. The van der Waals surface area contributed by atoms with Gasteiger partial charge < -0.3 is 14.4 Å². The zero-order chi connectivity index (χ0) is 13.8. The van der Waals surface area contributed by atoms with Gasteiger partial charge in [-0.15, -0.1) is 0 Å². The van der Waals surface area contributed by atoms with E-state index in [9.17, 15) is 4.79 Å². The summed E-state index contributed by atoms with van der Waals surface area (Å²) in [7, 11) is 0. The Kier molecular flexibility index (Phi) is 3.85. The molecular weight excluding hydrogens is 244 g/mol. The van der Waals surface area contributed by atoms with Crippen LogP contribution in [0.4, 0.5) is 0 Å². The fourth-order valence-electron chi connectivity index (χ4n) is 1.83. The van der Waals surface area contributed by atoms with Crippen molar-refractivity contribution in [2.75, 3.05) is 0 Å². The summed E-state index contributed by atoms with van der Waals surface area (Å²) in [6.07, 6.45) is 3.45. The van der Waals surface area contributed by atoms with Crippen molar-refractivity contribution in [1.29, 1.82) is 0 Å². The highest BCUT2D eigenvalue weighted by Gasteiger charge is 2.12. The van der Waals surface area contributed by atoms with Crippen LogP contribution in [0.1, 0.15) is 28.5 Å². The number of carboxylic acids is 1. The molecule has 0 atom stereocenters. The summed E-state index contributed by atoms with van der Waals surface area (Å²) >= 11 is 0. The predicted molar refractivity (Wildman–Crippen MR) is 70.4 cm³/mol. The van der Waals surface area contributed by atoms with Gasteiger partial charge in [0.2, 0.25) is 0 Å². The maximum Gasteiger partial charge on any atom is 0.339 e. The second kappa shape index (κ2) is 5.56. The van der Waals surface area contributed by atoms with E-state index in [4.69, 9.17) is 9.84 Å². The molecule has 1 aromatic carbocycles. The number of rotatable bonds is 5. The molecule has 0 aliphatic rings. The van der Waals surface area contributed by atoms with Crippen LogP contribution in [0.3, 0.4) is 0 Å². The summed E-state index contributed by atoms with van der Waals surface area (Å²) in [4.78, 5) is 15.2. The normalized spacial score (nSPS) is 10.4. The number of aromatic carboxylic acids is 1. The number of carboxylic acid groups (broad SMARTS) is 1. The van der Waals surface area contributed by atoms with Gasteiger partial charge >= 0.3 is 5.97 Å². The van der Waals surface area contributed by atoms with Crippen LogP contribution in [0.2, 0.25) is 0 Å². The SMILES string of the molecule is CCn1cncc1COc1cc(C)ccc1C(=O)O. The summed E-state index contributed by atoms with van der Waals surface area (Å²) in [5.74, 6) is -0.602. The van der Waals surface area contributed by atoms with E-state index in [1.165, 1.54) is 0 Å². The predicted octanol–water partition coefficient (Wildman–Crippen LogP) is 2.49. The molecule has 5 heteroatoms. The maximum absolute atomic E-state index is 11.1. The standard InChI is InChI=1S/C14H16N2O3/c1-3-16-9-15-7-11(16)8-19-13-6-10(2)4-5-12(13)14(17)18/h4-7,9H,3,8H2,1-2H3,(H,17,18). The molecular formula is C14H16N2O3. The van der Waals surface area contributed by atoms with E-state index >= 15 is 0 Å². The van der Waals surface area contributed by atoms with Crippen LogP contribution in [0.15, 0.2) is 30.7 Å². The second-order valence-electron chi connectivity index (χ2n) is 4.26. The molecule has 0 spiro atoms. The van der Waals surface area contributed by atoms with E-state index in [0.717, 1.165) is 17.8 Å². The molecule has 1 N–H and O–H groups in total. The van der Waals surface area contributed by atoms with Crippen molar-refractivity contribution in [3.8, 4) is 5.75 Å². The number of aryl methyl sites for hydroxylation is 2. The largest absolute Gasteiger partial charge is 0.486 e. The molecule has 2 aromatic rings. The quantitative estimate of drug-likeness (QED) is 0.897. The van der Waals surface area contributed by atoms with Gasteiger partial charge in [0.25, 0.3) is 0 Å². The third-order valence-electron chi connectivity index (χ3n) is 2.88. The van der Waals surface area contributed by atoms with Gasteiger partial charge in [-0.2, -0.15) is 0 Å². The molecule has 100 valence electrons. The van der Waals surface area contributed by atoms with Gasteiger partial charge in [0.05, 0.1) is 18.2 Å². The summed E-state index contributed by atoms with van der Waals surface area (Å²) in [6.45, 7) is 5.02. The van der Waals surface area contributed by atoms with Crippen LogP contribution in [0.5, 0.6) is 5.75 Å². The smallest absolute Gasteiger partial charge is 0.339 e.